The number of aromatic hydroxyl groups is 1. The SMILES string of the molecule is COc1cc(F)cc(-c2n[nH]nc2C(N)=O)c1O. The molecule has 4 N–H and O–H groups in total. The number of primary amides is 1. The molecule has 0 atom stereocenters. The molecule has 7 nitrogen and oxygen atoms in total. The molecule has 0 unspecified atom stereocenters. The first-order valence-electron chi connectivity index (χ1n) is 4.82. The summed E-state index contributed by atoms with van der Waals surface area (Å²) in [4.78, 5) is 11.1. The van der Waals surface area contributed by atoms with Crippen molar-refractivity contribution >= 4 is 5.91 Å². The van der Waals surface area contributed by atoms with Gasteiger partial charge in [-0.15, -0.1) is 0 Å². The van der Waals surface area contributed by atoms with Crippen LogP contribution in [0.5, 0.6) is 11.5 Å². The summed E-state index contributed by atoms with van der Waals surface area (Å²) in [5.41, 5.74) is 4.81. The summed E-state index contributed by atoms with van der Waals surface area (Å²) in [5.74, 6) is -1.93. The van der Waals surface area contributed by atoms with Gasteiger partial charge < -0.3 is 15.6 Å². The highest BCUT2D eigenvalue weighted by Gasteiger charge is 2.21. The van der Waals surface area contributed by atoms with Gasteiger partial charge in [0.1, 0.15) is 11.5 Å². The van der Waals surface area contributed by atoms with Crippen molar-refractivity contribution in [3.63, 3.8) is 0 Å². The molecule has 0 spiro atoms. The van der Waals surface area contributed by atoms with Gasteiger partial charge in [-0.25, -0.2) is 4.39 Å². The first-order valence-corrected chi connectivity index (χ1v) is 4.82. The number of phenolic OH excluding ortho intramolecular Hbond substituents is 1. The highest BCUT2D eigenvalue weighted by molar-refractivity contribution is 5.97. The van der Waals surface area contributed by atoms with E-state index in [0.717, 1.165) is 12.1 Å². The number of amides is 1. The molecule has 0 fully saturated rings. The summed E-state index contributed by atoms with van der Waals surface area (Å²) in [7, 11) is 1.27. The topological polar surface area (TPSA) is 114 Å². The van der Waals surface area contributed by atoms with Gasteiger partial charge in [-0.05, 0) is 6.07 Å². The van der Waals surface area contributed by atoms with Gasteiger partial charge in [-0.3, -0.25) is 4.79 Å². The summed E-state index contributed by atoms with van der Waals surface area (Å²) in [5, 5.41) is 19.3. The number of aromatic nitrogens is 3. The summed E-state index contributed by atoms with van der Waals surface area (Å²) in [6, 6.07) is 2.00. The molecular weight excluding hydrogens is 243 g/mol. The van der Waals surface area contributed by atoms with Crippen molar-refractivity contribution in [3.8, 4) is 22.8 Å². The second-order valence-electron chi connectivity index (χ2n) is 3.39. The number of halogens is 1. The van der Waals surface area contributed by atoms with Crippen molar-refractivity contribution in [1.29, 1.82) is 0 Å². The van der Waals surface area contributed by atoms with Gasteiger partial charge in [-0.1, -0.05) is 0 Å². The van der Waals surface area contributed by atoms with Crippen LogP contribution < -0.4 is 10.5 Å². The van der Waals surface area contributed by atoms with E-state index in [-0.39, 0.29) is 28.5 Å². The van der Waals surface area contributed by atoms with Crippen molar-refractivity contribution in [1.82, 2.24) is 15.4 Å². The third kappa shape index (κ3) is 1.83. The average Bonchev–Trinajstić information content (AvgIpc) is 2.80. The Kier molecular flexibility index (Phi) is 2.84. The number of nitrogens with two attached hydrogens (primary N) is 1. The molecule has 94 valence electrons. The molecule has 0 aliphatic carbocycles. The molecule has 1 amide bonds. The van der Waals surface area contributed by atoms with Crippen molar-refractivity contribution in [2.75, 3.05) is 7.11 Å². The number of carbonyl (C=O) groups is 1. The zero-order valence-corrected chi connectivity index (χ0v) is 9.27. The minimum Gasteiger partial charge on any atom is -0.504 e. The minimum atomic E-state index is -0.846. The normalized spacial score (nSPS) is 10.3. The third-order valence-electron chi connectivity index (χ3n) is 2.30. The maximum absolute atomic E-state index is 13.4. The Bertz CT molecular complexity index is 611. The lowest BCUT2D eigenvalue weighted by atomic mass is 10.1. The van der Waals surface area contributed by atoms with Crippen molar-refractivity contribution in [2.45, 2.75) is 0 Å². The number of methoxy groups -OCH3 is 1. The van der Waals surface area contributed by atoms with E-state index in [2.05, 4.69) is 15.4 Å². The van der Waals surface area contributed by atoms with Crippen LogP contribution in [0.4, 0.5) is 4.39 Å². The van der Waals surface area contributed by atoms with Gasteiger partial charge in [0.25, 0.3) is 5.91 Å². The smallest absolute Gasteiger partial charge is 0.271 e. The number of nitrogens with one attached hydrogen (secondary N) is 1. The predicted molar refractivity (Wildman–Crippen MR) is 58.5 cm³/mol. The molecular formula is C10H9FN4O3. The summed E-state index contributed by atoms with van der Waals surface area (Å²) < 4.78 is 18.2. The second kappa shape index (κ2) is 4.32. The molecule has 0 radical (unpaired) electrons. The Hall–Kier alpha value is -2.64. The fourth-order valence-corrected chi connectivity index (χ4v) is 1.50. The van der Waals surface area contributed by atoms with Crippen LogP contribution in [0.3, 0.4) is 0 Å². The van der Waals surface area contributed by atoms with Crippen LogP contribution >= 0.6 is 0 Å². The van der Waals surface area contributed by atoms with E-state index in [1.165, 1.54) is 7.11 Å². The molecule has 1 aromatic heterocycles. The first-order chi connectivity index (χ1) is 8.54. The monoisotopic (exact) mass is 252 g/mol. The quantitative estimate of drug-likeness (QED) is 0.732. The number of rotatable bonds is 3. The number of hydrogen-bond donors (Lipinski definition) is 3. The first kappa shape index (κ1) is 11.8. The number of benzene rings is 1. The molecule has 8 heteroatoms. The van der Waals surface area contributed by atoms with Crippen LogP contribution in [0.15, 0.2) is 12.1 Å². The molecule has 0 saturated carbocycles. The maximum Gasteiger partial charge on any atom is 0.271 e. The number of carbonyl (C=O) groups excluding carboxylic acids is 1. The molecule has 1 heterocycles. The molecule has 2 rings (SSSR count). The van der Waals surface area contributed by atoms with E-state index in [9.17, 15) is 14.3 Å². The lowest BCUT2D eigenvalue weighted by Gasteiger charge is -2.07. The molecule has 2 aromatic rings. The highest BCUT2D eigenvalue weighted by Crippen LogP contribution is 2.37. The Morgan fingerprint density at radius 1 is 1.50 bits per heavy atom. The van der Waals surface area contributed by atoms with Crippen LogP contribution in [-0.4, -0.2) is 33.5 Å². The Morgan fingerprint density at radius 3 is 2.83 bits per heavy atom. The number of aromatic amines is 1. The molecule has 0 saturated heterocycles. The number of ether oxygens (including phenoxy) is 1. The number of hydrogen-bond acceptors (Lipinski definition) is 5. The van der Waals surface area contributed by atoms with Crippen LogP contribution in [0.1, 0.15) is 10.5 Å². The van der Waals surface area contributed by atoms with Gasteiger partial charge in [-0.2, -0.15) is 15.4 Å². The van der Waals surface area contributed by atoms with Gasteiger partial charge in [0.05, 0.1) is 12.7 Å². The Morgan fingerprint density at radius 2 is 2.22 bits per heavy atom. The average molecular weight is 252 g/mol. The maximum atomic E-state index is 13.4. The van der Waals surface area contributed by atoms with Gasteiger partial charge in [0.15, 0.2) is 17.2 Å². The summed E-state index contributed by atoms with van der Waals surface area (Å²) in [6.07, 6.45) is 0. The Balaban J connectivity index is 2.67. The van der Waals surface area contributed by atoms with Gasteiger partial charge in [0.2, 0.25) is 0 Å². The standard InChI is InChI=1S/C10H9FN4O3/c1-18-6-3-4(11)2-5(9(6)16)7-8(10(12)17)14-15-13-7/h2-3,16H,1H3,(H2,12,17)(H,13,14,15). The minimum absolute atomic E-state index is 0.0330. The van der Waals surface area contributed by atoms with Gasteiger partial charge >= 0.3 is 0 Å². The van der Waals surface area contributed by atoms with Crippen molar-refractivity contribution in [3.05, 3.63) is 23.6 Å². The fraction of sp³-hybridized carbons (Fsp3) is 0.100. The molecule has 0 aliphatic heterocycles. The molecule has 0 aliphatic rings. The number of H-pyrrole nitrogens is 1. The zero-order chi connectivity index (χ0) is 13.3. The van der Waals surface area contributed by atoms with Gasteiger partial charge in [0, 0.05) is 6.07 Å². The fourth-order valence-electron chi connectivity index (χ4n) is 1.50. The molecule has 1 aromatic carbocycles. The van der Waals surface area contributed by atoms with E-state index in [1.807, 2.05) is 0 Å². The number of nitrogens with zero attached hydrogens (tertiary/aromatic N) is 2. The summed E-state index contributed by atoms with van der Waals surface area (Å²) in [6.45, 7) is 0. The molecule has 18 heavy (non-hydrogen) atoms. The van der Waals surface area contributed by atoms with Crippen LogP contribution in [0.25, 0.3) is 11.3 Å². The van der Waals surface area contributed by atoms with E-state index in [4.69, 9.17) is 10.5 Å². The summed E-state index contributed by atoms with van der Waals surface area (Å²) >= 11 is 0. The zero-order valence-electron chi connectivity index (χ0n) is 9.27. The van der Waals surface area contributed by atoms with E-state index < -0.39 is 11.7 Å². The van der Waals surface area contributed by atoms with Crippen molar-refractivity contribution in [2.24, 2.45) is 5.73 Å². The predicted octanol–water partition coefficient (Wildman–Crippen LogP) is 0.424. The van der Waals surface area contributed by atoms with Crippen LogP contribution in [0.2, 0.25) is 0 Å². The Labute approximate surface area is 100 Å². The van der Waals surface area contributed by atoms with E-state index in [1.54, 1.807) is 0 Å². The largest absolute Gasteiger partial charge is 0.504 e. The van der Waals surface area contributed by atoms with Crippen LogP contribution in [-0.2, 0) is 0 Å². The number of phenols is 1. The second-order valence-corrected chi connectivity index (χ2v) is 3.39. The molecule has 0 bridgehead atoms. The van der Waals surface area contributed by atoms with E-state index in [0.29, 0.717) is 0 Å². The lowest BCUT2D eigenvalue weighted by molar-refractivity contribution is 0.0996. The van der Waals surface area contributed by atoms with Crippen molar-refractivity contribution < 1.29 is 19.0 Å². The lowest BCUT2D eigenvalue weighted by Crippen LogP contribution is -2.12. The highest BCUT2D eigenvalue weighted by atomic mass is 19.1. The van der Waals surface area contributed by atoms with E-state index >= 15 is 0 Å². The van der Waals surface area contributed by atoms with Crippen LogP contribution in [0, 0.1) is 5.82 Å². The third-order valence-corrected chi connectivity index (χ3v) is 2.30.